The van der Waals surface area contributed by atoms with E-state index in [0.717, 1.165) is 36.4 Å². The smallest absolute Gasteiger partial charge is 0.326 e. The van der Waals surface area contributed by atoms with E-state index in [9.17, 15) is 14.7 Å². The average molecular weight is 320 g/mol. The number of aryl methyl sites for hydroxylation is 1. The molecule has 2 aliphatic rings. The van der Waals surface area contributed by atoms with Gasteiger partial charge in [-0.05, 0) is 38.2 Å². The standard InChI is InChI=1S/C16H20N2O3S/c1-10-17-12(9-22-10)6-7-15(19)18-13-5-3-2-4-11(13)8-14(18)16(20)21/h6-7,9,11,13-14H,2-5,8H2,1H3,(H,20,21)/b7-6-. The monoisotopic (exact) mass is 320 g/mol. The van der Waals surface area contributed by atoms with Crippen molar-refractivity contribution in [1.82, 2.24) is 9.88 Å². The fourth-order valence-electron chi connectivity index (χ4n) is 3.70. The number of thiazole rings is 1. The number of hydrogen-bond donors (Lipinski definition) is 1. The highest BCUT2D eigenvalue weighted by atomic mass is 32.1. The van der Waals surface area contributed by atoms with E-state index in [1.165, 1.54) is 17.4 Å². The minimum Gasteiger partial charge on any atom is -0.480 e. The van der Waals surface area contributed by atoms with Gasteiger partial charge in [0.1, 0.15) is 6.04 Å². The summed E-state index contributed by atoms with van der Waals surface area (Å²) in [5, 5.41) is 12.3. The van der Waals surface area contributed by atoms with Crippen LogP contribution in [0.2, 0.25) is 0 Å². The maximum atomic E-state index is 12.5. The van der Waals surface area contributed by atoms with Crippen LogP contribution in [0.1, 0.15) is 42.8 Å². The Bertz CT molecular complexity index is 610. The Balaban J connectivity index is 1.78. The molecule has 3 atom stereocenters. The molecule has 3 unspecified atom stereocenters. The van der Waals surface area contributed by atoms with Crippen LogP contribution in [0.3, 0.4) is 0 Å². The van der Waals surface area contributed by atoms with Crippen molar-refractivity contribution < 1.29 is 14.7 Å². The Morgan fingerprint density at radius 1 is 1.41 bits per heavy atom. The molecule has 22 heavy (non-hydrogen) atoms. The second-order valence-corrected chi connectivity index (χ2v) is 7.13. The fourth-order valence-corrected chi connectivity index (χ4v) is 4.28. The molecule has 5 nitrogen and oxygen atoms in total. The summed E-state index contributed by atoms with van der Waals surface area (Å²) in [6.45, 7) is 1.91. The van der Waals surface area contributed by atoms with Gasteiger partial charge in [-0.2, -0.15) is 0 Å². The first-order valence-corrected chi connectivity index (χ1v) is 8.59. The first-order chi connectivity index (χ1) is 10.6. The van der Waals surface area contributed by atoms with Crippen LogP contribution in [0.25, 0.3) is 6.08 Å². The molecule has 1 aromatic rings. The zero-order valence-corrected chi connectivity index (χ0v) is 13.4. The van der Waals surface area contributed by atoms with Gasteiger partial charge in [0.25, 0.3) is 0 Å². The van der Waals surface area contributed by atoms with Crippen molar-refractivity contribution in [3.8, 4) is 0 Å². The molecule has 2 heterocycles. The van der Waals surface area contributed by atoms with E-state index in [1.807, 2.05) is 12.3 Å². The van der Waals surface area contributed by atoms with E-state index in [-0.39, 0.29) is 11.9 Å². The largest absolute Gasteiger partial charge is 0.480 e. The van der Waals surface area contributed by atoms with Crippen molar-refractivity contribution in [2.75, 3.05) is 0 Å². The van der Waals surface area contributed by atoms with E-state index in [4.69, 9.17) is 0 Å². The Hall–Kier alpha value is -1.69. The predicted octanol–water partition coefficient (Wildman–Crippen LogP) is 2.71. The molecular weight excluding hydrogens is 300 g/mol. The number of amides is 1. The summed E-state index contributed by atoms with van der Waals surface area (Å²) in [7, 11) is 0. The molecule has 0 spiro atoms. The number of carbonyl (C=O) groups excluding carboxylic acids is 1. The van der Waals surface area contributed by atoms with Crippen molar-refractivity contribution in [2.45, 2.75) is 51.1 Å². The summed E-state index contributed by atoms with van der Waals surface area (Å²) in [4.78, 5) is 29.9. The molecule has 0 aromatic carbocycles. The summed E-state index contributed by atoms with van der Waals surface area (Å²) in [6, 6.07) is -0.591. The van der Waals surface area contributed by atoms with Crippen LogP contribution < -0.4 is 0 Å². The van der Waals surface area contributed by atoms with Crippen LogP contribution in [-0.2, 0) is 9.59 Å². The quantitative estimate of drug-likeness (QED) is 0.869. The average Bonchev–Trinajstić information content (AvgIpc) is 3.08. The molecule has 1 aliphatic heterocycles. The lowest BCUT2D eigenvalue weighted by molar-refractivity contribution is -0.147. The number of likely N-dealkylation sites (tertiary alicyclic amines) is 1. The molecule has 1 aliphatic carbocycles. The van der Waals surface area contributed by atoms with Gasteiger partial charge in [-0.15, -0.1) is 11.3 Å². The van der Waals surface area contributed by atoms with Crippen LogP contribution in [0, 0.1) is 12.8 Å². The Labute approximate surface area is 133 Å². The molecule has 1 saturated heterocycles. The molecule has 1 amide bonds. The minimum atomic E-state index is -0.888. The van der Waals surface area contributed by atoms with E-state index in [1.54, 1.807) is 11.0 Å². The van der Waals surface area contributed by atoms with Crippen LogP contribution >= 0.6 is 11.3 Å². The number of carbonyl (C=O) groups is 2. The van der Waals surface area contributed by atoms with Crippen molar-refractivity contribution in [1.29, 1.82) is 0 Å². The summed E-state index contributed by atoms with van der Waals surface area (Å²) in [6.07, 6.45) is 7.92. The van der Waals surface area contributed by atoms with Gasteiger partial charge >= 0.3 is 5.97 Å². The highest BCUT2D eigenvalue weighted by Crippen LogP contribution is 2.39. The minimum absolute atomic E-state index is 0.0872. The fraction of sp³-hybridized carbons (Fsp3) is 0.562. The lowest BCUT2D eigenvalue weighted by Gasteiger charge is -2.32. The summed E-state index contributed by atoms with van der Waals surface area (Å²) < 4.78 is 0. The SMILES string of the molecule is Cc1nc(/C=C\C(=O)N2C(C(=O)O)CC3CCCCC32)cs1. The molecule has 0 radical (unpaired) electrons. The second kappa shape index (κ2) is 6.20. The third-order valence-corrected chi connectivity index (χ3v) is 5.45. The molecule has 1 N–H and O–H groups in total. The van der Waals surface area contributed by atoms with Crippen molar-refractivity contribution in [3.05, 3.63) is 22.2 Å². The highest BCUT2D eigenvalue weighted by Gasteiger charge is 2.46. The maximum absolute atomic E-state index is 12.5. The number of hydrogen-bond acceptors (Lipinski definition) is 4. The zero-order valence-electron chi connectivity index (χ0n) is 12.6. The van der Waals surface area contributed by atoms with E-state index >= 15 is 0 Å². The zero-order chi connectivity index (χ0) is 15.7. The number of carboxylic acids is 1. The van der Waals surface area contributed by atoms with Gasteiger partial charge in [0.2, 0.25) is 5.91 Å². The van der Waals surface area contributed by atoms with Gasteiger partial charge in [-0.3, -0.25) is 4.79 Å². The third kappa shape index (κ3) is 2.92. The van der Waals surface area contributed by atoms with Gasteiger partial charge < -0.3 is 10.0 Å². The Kier molecular flexibility index (Phi) is 4.29. The van der Waals surface area contributed by atoms with Crippen LogP contribution in [0.5, 0.6) is 0 Å². The van der Waals surface area contributed by atoms with E-state index in [0.29, 0.717) is 12.3 Å². The Morgan fingerprint density at radius 3 is 2.86 bits per heavy atom. The Morgan fingerprint density at radius 2 is 2.18 bits per heavy atom. The lowest BCUT2D eigenvalue weighted by Crippen LogP contribution is -2.45. The molecule has 3 rings (SSSR count). The highest BCUT2D eigenvalue weighted by molar-refractivity contribution is 7.09. The van der Waals surface area contributed by atoms with Gasteiger partial charge in [0.05, 0.1) is 10.7 Å². The summed E-state index contributed by atoms with van der Waals surface area (Å²) in [5.41, 5.74) is 0.752. The van der Waals surface area contributed by atoms with Crippen molar-refractivity contribution in [2.24, 2.45) is 5.92 Å². The molecule has 1 aromatic heterocycles. The number of carboxylic acid groups (broad SMARTS) is 1. The second-order valence-electron chi connectivity index (χ2n) is 6.07. The molecule has 118 valence electrons. The molecule has 1 saturated carbocycles. The van der Waals surface area contributed by atoms with Gasteiger partial charge in [0, 0.05) is 17.5 Å². The normalized spacial score (nSPS) is 28.0. The number of rotatable bonds is 3. The topological polar surface area (TPSA) is 70.5 Å². The van der Waals surface area contributed by atoms with E-state index in [2.05, 4.69) is 4.98 Å². The van der Waals surface area contributed by atoms with Gasteiger partial charge in [0.15, 0.2) is 0 Å². The van der Waals surface area contributed by atoms with Crippen LogP contribution in [0.15, 0.2) is 11.5 Å². The molecule has 6 heteroatoms. The van der Waals surface area contributed by atoms with Crippen molar-refractivity contribution >= 4 is 29.3 Å². The summed E-state index contributed by atoms with van der Waals surface area (Å²) >= 11 is 1.53. The predicted molar refractivity (Wildman–Crippen MR) is 84.5 cm³/mol. The third-order valence-electron chi connectivity index (χ3n) is 4.66. The van der Waals surface area contributed by atoms with Crippen LogP contribution in [-0.4, -0.2) is 39.0 Å². The first kappa shape index (κ1) is 15.2. The first-order valence-electron chi connectivity index (χ1n) is 7.71. The van der Waals surface area contributed by atoms with Crippen molar-refractivity contribution in [3.63, 3.8) is 0 Å². The number of aromatic nitrogens is 1. The molecular formula is C16H20N2O3S. The number of nitrogens with zero attached hydrogens (tertiary/aromatic N) is 2. The van der Waals surface area contributed by atoms with Gasteiger partial charge in [-0.1, -0.05) is 12.8 Å². The lowest BCUT2D eigenvalue weighted by atomic mass is 9.85. The van der Waals surface area contributed by atoms with Gasteiger partial charge in [-0.25, -0.2) is 9.78 Å². The van der Waals surface area contributed by atoms with Crippen LogP contribution in [0.4, 0.5) is 0 Å². The summed E-state index contributed by atoms with van der Waals surface area (Å²) in [5.74, 6) is -0.748. The molecule has 2 fully saturated rings. The molecule has 0 bridgehead atoms. The number of fused-ring (bicyclic) bond motifs is 1. The maximum Gasteiger partial charge on any atom is 0.326 e. The van der Waals surface area contributed by atoms with E-state index < -0.39 is 12.0 Å². The number of aliphatic carboxylic acids is 1.